The molecule has 0 atom stereocenters. The first-order valence-electron chi connectivity index (χ1n) is 5.54. The van der Waals surface area contributed by atoms with Gasteiger partial charge in [0.1, 0.15) is 7.11 Å². The fourth-order valence-corrected chi connectivity index (χ4v) is 1.76. The lowest BCUT2D eigenvalue weighted by Crippen LogP contribution is -2.06. The van der Waals surface area contributed by atoms with Gasteiger partial charge in [0, 0.05) is 23.8 Å². The molecule has 92 valence electrons. The number of halogens is 1. The Morgan fingerprint density at radius 2 is 2.06 bits per heavy atom. The molecular weight excluding hydrogens is 248 g/mol. The molecule has 1 aromatic carbocycles. The lowest BCUT2D eigenvalue weighted by atomic mass is 10.0. The molecule has 1 heterocycles. The average molecular weight is 261 g/mol. The zero-order chi connectivity index (χ0) is 12.8. The summed E-state index contributed by atoms with van der Waals surface area (Å²) in [6.07, 6.45) is 4.24. The van der Waals surface area contributed by atoms with Crippen molar-refractivity contribution in [3.05, 3.63) is 64.9 Å². The summed E-state index contributed by atoms with van der Waals surface area (Å²) >= 11 is 5.87. The topological polar surface area (TPSA) is 34.5 Å². The third-order valence-electron chi connectivity index (χ3n) is 2.47. The van der Waals surface area contributed by atoms with Crippen LogP contribution in [0.15, 0.2) is 53.9 Å². The van der Waals surface area contributed by atoms with Crippen molar-refractivity contribution in [2.45, 2.75) is 6.42 Å². The number of oxime groups is 1. The largest absolute Gasteiger partial charge is 0.399 e. The molecule has 2 rings (SSSR count). The van der Waals surface area contributed by atoms with E-state index in [4.69, 9.17) is 16.4 Å². The van der Waals surface area contributed by atoms with E-state index in [2.05, 4.69) is 10.1 Å². The van der Waals surface area contributed by atoms with Gasteiger partial charge in [0.25, 0.3) is 0 Å². The molecule has 0 radical (unpaired) electrons. The van der Waals surface area contributed by atoms with Crippen LogP contribution in [0, 0.1) is 0 Å². The van der Waals surface area contributed by atoms with Gasteiger partial charge in [-0.2, -0.15) is 0 Å². The maximum Gasteiger partial charge on any atom is 0.106 e. The second-order valence-corrected chi connectivity index (χ2v) is 4.20. The van der Waals surface area contributed by atoms with Crippen LogP contribution in [0.25, 0.3) is 0 Å². The van der Waals surface area contributed by atoms with Gasteiger partial charge in [0.05, 0.1) is 5.71 Å². The second-order valence-electron chi connectivity index (χ2n) is 3.77. The molecule has 0 spiro atoms. The zero-order valence-corrected chi connectivity index (χ0v) is 10.8. The minimum Gasteiger partial charge on any atom is -0.399 e. The van der Waals surface area contributed by atoms with Crippen LogP contribution in [0.5, 0.6) is 0 Å². The van der Waals surface area contributed by atoms with E-state index < -0.39 is 0 Å². The van der Waals surface area contributed by atoms with Crippen LogP contribution < -0.4 is 0 Å². The van der Waals surface area contributed by atoms with Crippen molar-refractivity contribution >= 4 is 17.3 Å². The first-order valence-corrected chi connectivity index (χ1v) is 5.92. The Hall–Kier alpha value is -1.87. The maximum absolute atomic E-state index is 5.87. The number of benzene rings is 1. The quantitative estimate of drug-likeness (QED) is 0.624. The van der Waals surface area contributed by atoms with E-state index in [1.54, 1.807) is 13.3 Å². The Labute approximate surface area is 111 Å². The fraction of sp³-hybridized carbons (Fsp3) is 0.143. The molecule has 0 fully saturated rings. The summed E-state index contributed by atoms with van der Waals surface area (Å²) in [7, 11) is 1.54. The summed E-state index contributed by atoms with van der Waals surface area (Å²) < 4.78 is 0. The van der Waals surface area contributed by atoms with Crippen LogP contribution >= 0.6 is 11.6 Å². The van der Waals surface area contributed by atoms with Gasteiger partial charge < -0.3 is 4.84 Å². The summed E-state index contributed by atoms with van der Waals surface area (Å²) in [6, 6.07) is 11.4. The molecule has 0 saturated heterocycles. The number of rotatable bonds is 4. The maximum atomic E-state index is 5.87. The molecule has 4 heteroatoms. The van der Waals surface area contributed by atoms with Gasteiger partial charge in [0.15, 0.2) is 0 Å². The van der Waals surface area contributed by atoms with Crippen LogP contribution in [0.2, 0.25) is 5.02 Å². The van der Waals surface area contributed by atoms with E-state index >= 15 is 0 Å². The number of pyridine rings is 1. The number of aromatic nitrogens is 1. The van der Waals surface area contributed by atoms with Crippen molar-refractivity contribution in [3.8, 4) is 0 Å². The molecule has 0 aliphatic rings. The van der Waals surface area contributed by atoms with Crippen molar-refractivity contribution < 1.29 is 4.84 Å². The third-order valence-corrected chi connectivity index (χ3v) is 2.73. The van der Waals surface area contributed by atoms with E-state index in [-0.39, 0.29) is 0 Å². The van der Waals surface area contributed by atoms with E-state index in [0.717, 1.165) is 16.8 Å². The minimum absolute atomic E-state index is 0.670. The monoisotopic (exact) mass is 260 g/mol. The Kier molecular flexibility index (Phi) is 4.31. The van der Waals surface area contributed by atoms with Gasteiger partial charge in [-0.3, -0.25) is 4.98 Å². The number of hydrogen-bond donors (Lipinski definition) is 0. The van der Waals surface area contributed by atoms with E-state index in [1.807, 2.05) is 42.6 Å². The lowest BCUT2D eigenvalue weighted by molar-refractivity contribution is 0.213. The summed E-state index contributed by atoms with van der Waals surface area (Å²) in [5, 5.41) is 4.77. The predicted molar refractivity (Wildman–Crippen MR) is 72.9 cm³/mol. The first-order chi connectivity index (χ1) is 8.79. The van der Waals surface area contributed by atoms with Crippen LogP contribution in [0.3, 0.4) is 0 Å². The van der Waals surface area contributed by atoms with E-state index in [9.17, 15) is 0 Å². The molecule has 0 amide bonds. The molecule has 0 unspecified atom stereocenters. The predicted octanol–water partition coefficient (Wildman–Crippen LogP) is 3.33. The van der Waals surface area contributed by atoms with Crippen LogP contribution in [-0.2, 0) is 11.3 Å². The molecule has 0 aliphatic carbocycles. The highest BCUT2D eigenvalue weighted by Gasteiger charge is 2.06. The highest BCUT2D eigenvalue weighted by Crippen LogP contribution is 2.13. The highest BCUT2D eigenvalue weighted by atomic mass is 35.5. The zero-order valence-electron chi connectivity index (χ0n) is 10.0. The molecule has 3 nitrogen and oxygen atoms in total. The first kappa shape index (κ1) is 12.6. The Morgan fingerprint density at radius 1 is 1.28 bits per heavy atom. The summed E-state index contributed by atoms with van der Waals surface area (Å²) in [6.45, 7) is 0. The summed E-state index contributed by atoms with van der Waals surface area (Å²) in [5.74, 6) is 0. The van der Waals surface area contributed by atoms with Gasteiger partial charge in [-0.25, -0.2) is 0 Å². The number of nitrogens with zero attached hydrogens (tertiary/aromatic N) is 2. The Bertz CT molecular complexity index is 523. The molecule has 0 aliphatic heterocycles. The third kappa shape index (κ3) is 3.31. The van der Waals surface area contributed by atoms with Crippen molar-refractivity contribution in [2.75, 3.05) is 7.11 Å². The number of hydrogen-bond acceptors (Lipinski definition) is 3. The van der Waals surface area contributed by atoms with Crippen LogP contribution in [-0.4, -0.2) is 17.8 Å². The van der Waals surface area contributed by atoms with Crippen molar-refractivity contribution in [3.63, 3.8) is 0 Å². The smallest absolute Gasteiger partial charge is 0.106 e. The van der Waals surface area contributed by atoms with Crippen LogP contribution in [0.1, 0.15) is 11.1 Å². The summed E-state index contributed by atoms with van der Waals surface area (Å²) in [5.41, 5.74) is 2.93. The Morgan fingerprint density at radius 3 is 2.67 bits per heavy atom. The summed E-state index contributed by atoms with van der Waals surface area (Å²) in [4.78, 5) is 8.98. The second kappa shape index (κ2) is 6.17. The van der Waals surface area contributed by atoms with Crippen LogP contribution in [0.4, 0.5) is 0 Å². The standard InChI is InChI=1S/C14H13ClN2O/c1-18-17-14(9-11-3-2-8-16-10-11)12-4-6-13(15)7-5-12/h2-8,10H,9H2,1H3. The van der Waals surface area contributed by atoms with Gasteiger partial charge in [-0.15, -0.1) is 0 Å². The van der Waals surface area contributed by atoms with Gasteiger partial charge in [0.2, 0.25) is 0 Å². The minimum atomic E-state index is 0.670. The fourth-order valence-electron chi connectivity index (χ4n) is 1.64. The lowest BCUT2D eigenvalue weighted by Gasteiger charge is -2.06. The molecule has 18 heavy (non-hydrogen) atoms. The van der Waals surface area contributed by atoms with E-state index in [1.165, 1.54) is 0 Å². The van der Waals surface area contributed by atoms with Crippen molar-refractivity contribution in [1.29, 1.82) is 0 Å². The molecule has 0 saturated carbocycles. The van der Waals surface area contributed by atoms with Gasteiger partial charge in [-0.05, 0) is 29.3 Å². The van der Waals surface area contributed by atoms with Gasteiger partial charge in [-0.1, -0.05) is 35.0 Å². The Balaban J connectivity index is 2.24. The van der Waals surface area contributed by atoms with Crippen molar-refractivity contribution in [1.82, 2.24) is 4.98 Å². The molecule has 0 bridgehead atoms. The van der Waals surface area contributed by atoms with Gasteiger partial charge >= 0.3 is 0 Å². The normalized spacial score (nSPS) is 11.3. The molecule has 1 aromatic heterocycles. The van der Waals surface area contributed by atoms with Crippen molar-refractivity contribution in [2.24, 2.45) is 5.16 Å². The highest BCUT2D eigenvalue weighted by molar-refractivity contribution is 6.30. The van der Waals surface area contributed by atoms with E-state index in [0.29, 0.717) is 11.4 Å². The SMILES string of the molecule is CON=C(Cc1cccnc1)c1ccc(Cl)cc1. The molecule has 2 aromatic rings. The molecular formula is C14H13ClN2O. The molecule has 0 N–H and O–H groups in total. The average Bonchev–Trinajstić information content (AvgIpc) is 2.40.